The third kappa shape index (κ3) is 3.61. The quantitative estimate of drug-likeness (QED) is 0.917. The molecule has 25 heavy (non-hydrogen) atoms. The molecule has 2 heterocycles. The monoisotopic (exact) mass is 343 g/mol. The molecule has 0 spiro atoms. The summed E-state index contributed by atoms with van der Waals surface area (Å²) in [5.41, 5.74) is 4.03. The first kappa shape index (κ1) is 17.0. The molecule has 0 unspecified atom stereocenters. The zero-order valence-electron chi connectivity index (χ0n) is 15.0. The van der Waals surface area contributed by atoms with Crippen molar-refractivity contribution in [1.82, 2.24) is 4.90 Å². The second-order valence-electron chi connectivity index (χ2n) is 7.88. The molecule has 4 rings (SSSR count). The number of fused-ring (bicyclic) bond motifs is 1. The molecule has 3 aliphatic rings. The summed E-state index contributed by atoms with van der Waals surface area (Å²) in [4.78, 5) is 15.0. The Kier molecular flexibility index (Phi) is 5.09. The zero-order chi connectivity index (χ0) is 17.2. The minimum Gasteiger partial charge on any atom is -0.393 e. The fourth-order valence-electron chi connectivity index (χ4n) is 4.84. The van der Waals surface area contributed by atoms with Gasteiger partial charge in [0, 0.05) is 25.1 Å². The van der Waals surface area contributed by atoms with Crippen LogP contribution >= 0.6 is 0 Å². The number of benzene rings is 1. The number of hydrogen-bond donors (Lipinski definition) is 1. The van der Waals surface area contributed by atoms with Crippen molar-refractivity contribution in [2.75, 3.05) is 19.8 Å². The molecule has 1 N–H and O–H groups in total. The fourth-order valence-corrected chi connectivity index (χ4v) is 4.84. The van der Waals surface area contributed by atoms with E-state index in [1.165, 1.54) is 30.4 Å². The number of carbonyl (C=O) groups excluding carboxylic acids is 1. The topological polar surface area (TPSA) is 49.8 Å². The van der Waals surface area contributed by atoms with E-state index in [1.807, 2.05) is 4.90 Å². The van der Waals surface area contributed by atoms with Crippen LogP contribution in [0.2, 0.25) is 0 Å². The Balaban J connectivity index is 1.44. The van der Waals surface area contributed by atoms with Crippen LogP contribution in [0.3, 0.4) is 0 Å². The first-order valence-electron chi connectivity index (χ1n) is 9.88. The zero-order valence-corrected chi connectivity index (χ0v) is 15.0. The van der Waals surface area contributed by atoms with Crippen molar-refractivity contribution >= 4 is 5.91 Å². The van der Waals surface area contributed by atoms with Crippen LogP contribution in [0.1, 0.15) is 48.8 Å². The van der Waals surface area contributed by atoms with E-state index in [0.717, 1.165) is 31.4 Å². The van der Waals surface area contributed by atoms with Crippen molar-refractivity contribution < 1.29 is 14.6 Å². The summed E-state index contributed by atoms with van der Waals surface area (Å²) in [6, 6.07) is 6.74. The summed E-state index contributed by atoms with van der Waals surface area (Å²) in [6.07, 6.45) is 7.72. The van der Waals surface area contributed by atoms with E-state index in [-0.39, 0.29) is 24.0 Å². The molecule has 0 saturated carbocycles. The van der Waals surface area contributed by atoms with Gasteiger partial charge >= 0.3 is 0 Å². The van der Waals surface area contributed by atoms with Crippen molar-refractivity contribution in [1.29, 1.82) is 0 Å². The van der Waals surface area contributed by atoms with E-state index >= 15 is 0 Å². The summed E-state index contributed by atoms with van der Waals surface area (Å²) in [5.74, 6) is 0.278. The van der Waals surface area contributed by atoms with Crippen LogP contribution in [-0.4, -0.2) is 47.8 Å². The number of ether oxygens (including phenoxy) is 1. The number of carbonyl (C=O) groups is 1. The van der Waals surface area contributed by atoms with Gasteiger partial charge in [0.05, 0.1) is 19.1 Å². The van der Waals surface area contributed by atoms with Crippen molar-refractivity contribution in [3.05, 3.63) is 34.9 Å². The second-order valence-corrected chi connectivity index (χ2v) is 7.88. The lowest BCUT2D eigenvalue weighted by molar-refractivity contribution is -0.135. The largest absolute Gasteiger partial charge is 0.393 e. The lowest BCUT2D eigenvalue weighted by atomic mass is 9.88. The highest BCUT2D eigenvalue weighted by Gasteiger charge is 2.39. The minimum atomic E-state index is -0.337. The number of rotatable bonds is 3. The number of aliphatic hydroxyl groups excluding tert-OH is 1. The molecule has 4 nitrogen and oxygen atoms in total. The van der Waals surface area contributed by atoms with Gasteiger partial charge < -0.3 is 14.7 Å². The van der Waals surface area contributed by atoms with Crippen LogP contribution in [0.5, 0.6) is 0 Å². The molecule has 3 atom stereocenters. The summed E-state index contributed by atoms with van der Waals surface area (Å²) in [6.45, 7) is 2.03. The number of likely N-dealkylation sites (tertiary alicyclic amines) is 1. The van der Waals surface area contributed by atoms with Gasteiger partial charge in [0.1, 0.15) is 0 Å². The summed E-state index contributed by atoms with van der Waals surface area (Å²) in [7, 11) is 0. The first-order valence-corrected chi connectivity index (χ1v) is 9.88. The van der Waals surface area contributed by atoms with Gasteiger partial charge in [-0.2, -0.15) is 0 Å². The maximum Gasteiger partial charge on any atom is 0.227 e. The van der Waals surface area contributed by atoms with E-state index in [0.29, 0.717) is 26.1 Å². The van der Waals surface area contributed by atoms with Crippen LogP contribution in [0.4, 0.5) is 0 Å². The lowest BCUT2D eigenvalue weighted by Crippen LogP contribution is -2.48. The molecule has 2 aliphatic heterocycles. The van der Waals surface area contributed by atoms with Crippen molar-refractivity contribution in [2.24, 2.45) is 5.92 Å². The third-order valence-corrected chi connectivity index (χ3v) is 6.24. The highest BCUT2D eigenvalue weighted by Crippen LogP contribution is 2.30. The van der Waals surface area contributed by atoms with Gasteiger partial charge in [-0.1, -0.05) is 18.2 Å². The molecule has 2 saturated heterocycles. The van der Waals surface area contributed by atoms with Gasteiger partial charge in [-0.3, -0.25) is 4.79 Å². The Hall–Kier alpha value is -1.39. The Morgan fingerprint density at radius 1 is 1.16 bits per heavy atom. The fraction of sp³-hybridized carbons (Fsp3) is 0.667. The Morgan fingerprint density at radius 2 is 2.00 bits per heavy atom. The molecule has 4 heteroatoms. The first-order chi connectivity index (χ1) is 12.2. The molecular formula is C21H29NO3. The van der Waals surface area contributed by atoms with Crippen LogP contribution in [0, 0.1) is 5.92 Å². The van der Waals surface area contributed by atoms with Crippen molar-refractivity contribution in [3.8, 4) is 0 Å². The van der Waals surface area contributed by atoms with Crippen LogP contribution in [0.15, 0.2) is 18.2 Å². The SMILES string of the molecule is O=C(Cc1ccc2c(c1)CCCC2)N1CCC[C@@H]1[C@@H]1COCC[C@@H]1O. The highest BCUT2D eigenvalue weighted by atomic mass is 16.5. The van der Waals surface area contributed by atoms with E-state index in [2.05, 4.69) is 18.2 Å². The maximum absolute atomic E-state index is 12.9. The molecule has 1 amide bonds. The Morgan fingerprint density at radius 3 is 2.84 bits per heavy atom. The van der Waals surface area contributed by atoms with Crippen molar-refractivity contribution in [3.63, 3.8) is 0 Å². The average Bonchev–Trinajstić information content (AvgIpc) is 3.11. The van der Waals surface area contributed by atoms with Gasteiger partial charge in [-0.25, -0.2) is 0 Å². The molecule has 0 radical (unpaired) electrons. The molecular weight excluding hydrogens is 314 g/mol. The standard InChI is InChI=1S/C21H29NO3/c23-20-9-11-25-14-18(20)19-6-3-10-22(19)21(24)13-15-7-8-16-4-1-2-5-17(16)12-15/h7-8,12,18-20,23H,1-6,9-11,13-14H2/t18-,19+,20-/m0/s1. The Labute approximate surface area is 150 Å². The molecule has 1 aliphatic carbocycles. The number of aliphatic hydroxyl groups is 1. The van der Waals surface area contributed by atoms with Gasteiger partial charge in [0.2, 0.25) is 5.91 Å². The third-order valence-electron chi connectivity index (χ3n) is 6.24. The predicted octanol–water partition coefficient (Wildman–Crippen LogP) is 2.50. The Bertz CT molecular complexity index is 630. The highest BCUT2D eigenvalue weighted by molar-refractivity contribution is 5.79. The van der Waals surface area contributed by atoms with Crippen LogP contribution in [-0.2, 0) is 28.8 Å². The van der Waals surface area contributed by atoms with Gasteiger partial charge in [-0.05, 0) is 61.6 Å². The van der Waals surface area contributed by atoms with E-state index in [1.54, 1.807) is 0 Å². The van der Waals surface area contributed by atoms with Crippen LogP contribution in [0.25, 0.3) is 0 Å². The van der Waals surface area contributed by atoms with E-state index in [9.17, 15) is 9.90 Å². The smallest absolute Gasteiger partial charge is 0.227 e. The van der Waals surface area contributed by atoms with E-state index < -0.39 is 0 Å². The lowest BCUT2D eigenvalue weighted by Gasteiger charge is -2.37. The molecule has 2 fully saturated rings. The van der Waals surface area contributed by atoms with Gasteiger partial charge in [0.25, 0.3) is 0 Å². The van der Waals surface area contributed by atoms with Crippen LogP contribution < -0.4 is 0 Å². The number of aryl methyl sites for hydroxylation is 2. The molecule has 136 valence electrons. The molecule has 0 bridgehead atoms. The summed E-state index contributed by atoms with van der Waals surface area (Å²) in [5, 5.41) is 10.3. The number of amides is 1. The molecule has 1 aromatic rings. The normalized spacial score (nSPS) is 29.5. The average molecular weight is 343 g/mol. The number of hydrogen-bond acceptors (Lipinski definition) is 3. The molecule has 1 aromatic carbocycles. The minimum absolute atomic E-state index is 0.0729. The van der Waals surface area contributed by atoms with Gasteiger partial charge in [-0.15, -0.1) is 0 Å². The summed E-state index contributed by atoms with van der Waals surface area (Å²) < 4.78 is 5.58. The predicted molar refractivity (Wildman–Crippen MR) is 96.5 cm³/mol. The number of nitrogens with zero attached hydrogens (tertiary/aromatic N) is 1. The second kappa shape index (κ2) is 7.46. The summed E-state index contributed by atoms with van der Waals surface area (Å²) >= 11 is 0. The maximum atomic E-state index is 12.9. The van der Waals surface area contributed by atoms with E-state index in [4.69, 9.17) is 4.74 Å². The van der Waals surface area contributed by atoms with Gasteiger partial charge in [0.15, 0.2) is 0 Å². The van der Waals surface area contributed by atoms with Crippen molar-refractivity contribution in [2.45, 2.75) is 63.5 Å². The molecule has 0 aromatic heterocycles.